The zero-order chi connectivity index (χ0) is 9.68. The molecule has 1 aromatic carbocycles. The lowest BCUT2D eigenvalue weighted by Gasteiger charge is -2.09. The Bertz CT molecular complexity index is 269. The smallest absolute Gasteiger partial charge is 0.0531 e. The van der Waals surface area contributed by atoms with Gasteiger partial charge in [-0.25, -0.2) is 0 Å². The minimum Gasteiger partial charge on any atom is -0.304 e. The molecule has 0 aliphatic heterocycles. The molecule has 0 aliphatic carbocycles. The SMILES string of the molecule is CCCC(I)C(=N)c1ccccc1. The molecule has 1 N–H and O–H groups in total. The Labute approximate surface area is 93.2 Å². The van der Waals surface area contributed by atoms with Gasteiger partial charge in [-0.3, -0.25) is 0 Å². The van der Waals surface area contributed by atoms with E-state index < -0.39 is 0 Å². The topological polar surface area (TPSA) is 23.9 Å². The highest BCUT2D eigenvalue weighted by molar-refractivity contribution is 14.1. The zero-order valence-electron chi connectivity index (χ0n) is 7.76. The lowest BCUT2D eigenvalue weighted by atomic mass is 10.1. The summed E-state index contributed by atoms with van der Waals surface area (Å²) in [4.78, 5) is 0. The second-order valence-corrected chi connectivity index (χ2v) is 4.54. The van der Waals surface area contributed by atoms with E-state index in [0.717, 1.165) is 24.1 Å². The molecular weight excluding hydrogens is 273 g/mol. The minimum atomic E-state index is 0.352. The van der Waals surface area contributed by atoms with Gasteiger partial charge in [0.15, 0.2) is 0 Å². The number of alkyl halides is 1. The van der Waals surface area contributed by atoms with Crippen molar-refractivity contribution in [2.45, 2.75) is 23.7 Å². The highest BCUT2D eigenvalue weighted by atomic mass is 127. The molecule has 0 radical (unpaired) electrons. The summed E-state index contributed by atoms with van der Waals surface area (Å²) in [6, 6.07) is 9.96. The Kier molecular flexibility index (Phi) is 4.42. The van der Waals surface area contributed by atoms with E-state index in [4.69, 9.17) is 5.41 Å². The molecule has 0 aliphatic rings. The molecule has 1 nitrogen and oxygen atoms in total. The van der Waals surface area contributed by atoms with E-state index in [1.807, 2.05) is 30.3 Å². The van der Waals surface area contributed by atoms with Gasteiger partial charge in [-0.1, -0.05) is 66.3 Å². The van der Waals surface area contributed by atoms with Crippen LogP contribution in [0.15, 0.2) is 30.3 Å². The third-order valence-corrected chi connectivity index (χ3v) is 3.19. The number of halogens is 1. The van der Waals surface area contributed by atoms with Crippen LogP contribution in [0.5, 0.6) is 0 Å². The van der Waals surface area contributed by atoms with Crippen LogP contribution in [0, 0.1) is 5.41 Å². The van der Waals surface area contributed by atoms with E-state index in [1.165, 1.54) is 0 Å². The van der Waals surface area contributed by atoms with E-state index in [-0.39, 0.29) is 0 Å². The number of hydrogen-bond donors (Lipinski definition) is 1. The number of rotatable bonds is 4. The van der Waals surface area contributed by atoms with Crippen molar-refractivity contribution < 1.29 is 0 Å². The quantitative estimate of drug-likeness (QED) is 0.496. The first-order chi connectivity index (χ1) is 6.25. The van der Waals surface area contributed by atoms with Crippen molar-refractivity contribution in [1.82, 2.24) is 0 Å². The van der Waals surface area contributed by atoms with Crippen molar-refractivity contribution in [1.29, 1.82) is 5.41 Å². The maximum absolute atomic E-state index is 7.93. The summed E-state index contributed by atoms with van der Waals surface area (Å²) >= 11 is 2.35. The van der Waals surface area contributed by atoms with Gasteiger partial charge >= 0.3 is 0 Å². The van der Waals surface area contributed by atoms with E-state index in [1.54, 1.807) is 0 Å². The molecule has 0 amide bonds. The summed E-state index contributed by atoms with van der Waals surface area (Å²) in [5.74, 6) is 0. The molecule has 1 aromatic rings. The lowest BCUT2D eigenvalue weighted by Crippen LogP contribution is -2.13. The van der Waals surface area contributed by atoms with E-state index in [0.29, 0.717) is 3.92 Å². The summed E-state index contributed by atoms with van der Waals surface area (Å²) in [6.07, 6.45) is 2.23. The van der Waals surface area contributed by atoms with E-state index in [9.17, 15) is 0 Å². The largest absolute Gasteiger partial charge is 0.304 e. The maximum atomic E-state index is 7.93. The van der Waals surface area contributed by atoms with Gasteiger partial charge in [0.25, 0.3) is 0 Å². The minimum absolute atomic E-state index is 0.352. The summed E-state index contributed by atoms with van der Waals surface area (Å²) < 4.78 is 0.352. The third-order valence-electron chi connectivity index (χ3n) is 1.94. The van der Waals surface area contributed by atoms with Crippen molar-refractivity contribution in [2.24, 2.45) is 0 Å². The Morgan fingerprint density at radius 3 is 2.54 bits per heavy atom. The fraction of sp³-hybridized carbons (Fsp3) is 0.364. The second kappa shape index (κ2) is 5.37. The molecule has 0 bridgehead atoms. The van der Waals surface area contributed by atoms with Crippen LogP contribution in [0.3, 0.4) is 0 Å². The fourth-order valence-corrected chi connectivity index (χ4v) is 2.18. The van der Waals surface area contributed by atoms with Gasteiger partial charge in [0.2, 0.25) is 0 Å². The maximum Gasteiger partial charge on any atom is 0.0531 e. The lowest BCUT2D eigenvalue weighted by molar-refractivity contribution is 0.860. The van der Waals surface area contributed by atoms with E-state index >= 15 is 0 Å². The second-order valence-electron chi connectivity index (χ2n) is 3.04. The van der Waals surface area contributed by atoms with Gasteiger partial charge < -0.3 is 5.41 Å². The number of hydrogen-bond acceptors (Lipinski definition) is 1. The predicted molar refractivity (Wildman–Crippen MR) is 66.0 cm³/mol. The first kappa shape index (κ1) is 10.7. The molecule has 2 heteroatoms. The highest BCUT2D eigenvalue weighted by Gasteiger charge is 2.10. The van der Waals surface area contributed by atoms with Crippen LogP contribution in [-0.4, -0.2) is 9.64 Å². The Morgan fingerprint density at radius 2 is 2.00 bits per heavy atom. The molecule has 0 fully saturated rings. The Hall–Kier alpha value is -0.380. The summed E-state index contributed by atoms with van der Waals surface area (Å²) in [5, 5.41) is 7.93. The first-order valence-electron chi connectivity index (χ1n) is 4.53. The molecule has 13 heavy (non-hydrogen) atoms. The molecule has 1 atom stereocenters. The molecule has 0 saturated carbocycles. The molecule has 0 spiro atoms. The number of benzene rings is 1. The summed E-state index contributed by atoms with van der Waals surface area (Å²) in [7, 11) is 0. The molecule has 70 valence electrons. The normalized spacial score (nSPS) is 12.5. The van der Waals surface area contributed by atoms with Crippen molar-refractivity contribution >= 4 is 28.3 Å². The zero-order valence-corrected chi connectivity index (χ0v) is 9.91. The average molecular weight is 287 g/mol. The summed E-state index contributed by atoms with van der Waals surface area (Å²) in [5.41, 5.74) is 1.80. The van der Waals surface area contributed by atoms with E-state index in [2.05, 4.69) is 29.5 Å². The monoisotopic (exact) mass is 287 g/mol. The average Bonchev–Trinajstić information content (AvgIpc) is 2.18. The van der Waals surface area contributed by atoms with Crippen molar-refractivity contribution in [3.63, 3.8) is 0 Å². The molecular formula is C11H14IN. The first-order valence-corrected chi connectivity index (χ1v) is 5.78. The van der Waals surface area contributed by atoms with Crippen LogP contribution in [0.4, 0.5) is 0 Å². The van der Waals surface area contributed by atoms with Gasteiger partial charge in [-0.2, -0.15) is 0 Å². The van der Waals surface area contributed by atoms with Gasteiger partial charge in [0, 0.05) is 0 Å². The standard InChI is InChI=1S/C11H14IN/c1-2-6-10(12)11(13)9-7-4-3-5-8-9/h3-5,7-8,10,13H,2,6H2,1H3. The molecule has 1 unspecified atom stereocenters. The molecule has 1 rings (SSSR count). The Balaban J connectivity index is 2.68. The third kappa shape index (κ3) is 3.10. The number of nitrogens with one attached hydrogen (secondary N) is 1. The van der Waals surface area contributed by atoms with Crippen LogP contribution in [0.2, 0.25) is 0 Å². The van der Waals surface area contributed by atoms with Crippen LogP contribution >= 0.6 is 22.6 Å². The van der Waals surface area contributed by atoms with Crippen molar-refractivity contribution in [3.8, 4) is 0 Å². The van der Waals surface area contributed by atoms with Gasteiger partial charge in [-0.15, -0.1) is 0 Å². The highest BCUT2D eigenvalue weighted by Crippen LogP contribution is 2.15. The molecule has 0 aromatic heterocycles. The van der Waals surface area contributed by atoms with Crippen LogP contribution in [0.25, 0.3) is 0 Å². The van der Waals surface area contributed by atoms with Gasteiger partial charge in [-0.05, 0) is 12.0 Å². The Morgan fingerprint density at radius 1 is 1.38 bits per heavy atom. The predicted octanol–water partition coefficient (Wildman–Crippen LogP) is 3.66. The van der Waals surface area contributed by atoms with Crippen LogP contribution in [0.1, 0.15) is 25.3 Å². The molecule has 0 heterocycles. The molecule has 0 saturated heterocycles. The van der Waals surface area contributed by atoms with Crippen molar-refractivity contribution in [2.75, 3.05) is 0 Å². The van der Waals surface area contributed by atoms with Crippen LogP contribution < -0.4 is 0 Å². The van der Waals surface area contributed by atoms with Gasteiger partial charge in [0.1, 0.15) is 0 Å². The van der Waals surface area contributed by atoms with Crippen LogP contribution in [-0.2, 0) is 0 Å². The van der Waals surface area contributed by atoms with Crippen molar-refractivity contribution in [3.05, 3.63) is 35.9 Å². The fourth-order valence-electron chi connectivity index (χ4n) is 1.20. The summed E-state index contributed by atoms with van der Waals surface area (Å²) in [6.45, 7) is 2.16. The van der Waals surface area contributed by atoms with Gasteiger partial charge in [0.05, 0.1) is 9.64 Å².